The zero-order valence-electron chi connectivity index (χ0n) is 11.9. The number of benzene rings is 1. The number of rotatable bonds is 5. The molecule has 2 heterocycles. The Morgan fingerprint density at radius 3 is 2.95 bits per heavy atom. The lowest BCUT2D eigenvalue weighted by molar-refractivity contribution is -0.120. The molecule has 0 aromatic heterocycles. The summed E-state index contributed by atoms with van der Waals surface area (Å²) in [7, 11) is 1.70. The van der Waals surface area contributed by atoms with E-state index in [4.69, 9.17) is 4.74 Å². The quantitative estimate of drug-likeness (QED) is 0.863. The molecule has 0 spiro atoms. The molecule has 2 aliphatic rings. The highest BCUT2D eigenvalue weighted by molar-refractivity contribution is 5.94. The second-order valence-corrected chi connectivity index (χ2v) is 5.78. The summed E-state index contributed by atoms with van der Waals surface area (Å²) >= 11 is 0. The topological polar surface area (TPSA) is 50.4 Å². The molecule has 4 heteroatoms. The molecule has 1 amide bonds. The number of ether oxygens (including phenoxy) is 1. The molecule has 1 aromatic rings. The summed E-state index contributed by atoms with van der Waals surface area (Å²) in [6.07, 6.45) is 4.16. The van der Waals surface area contributed by atoms with Crippen molar-refractivity contribution in [1.82, 2.24) is 5.32 Å². The first-order chi connectivity index (χ1) is 9.78. The van der Waals surface area contributed by atoms with E-state index in [-0.39, 0.29) is 11.8 Å². The fraction of sp³-hybridized carbons (Fsp3) is 0.562. The van der Waals surface area contributed by atoms with Crippen molar-refractivity contribution in [2.45, 2.75) is 37.8 Å². The standard InChI is InChI=1S/C16H22N2O2/c1-20-9-8-11-4-2-3-5-14(11)18-16(19)13-10-12-6-7-15(13)17-12/h2-5,12-13,15,17H,6-10H2,1H3,(H,18,19). The molecule has 0 aliphatic carbocycles. The third kappa shape index (κ3) is 2.72. The Hall–Kier alpha value is -1.39. The number of carbonyl (C=O) groups excluding carboxylic acids is 1. The third-order valence-corrected chi connectivity index (χ3v) is 4.49. The van der Waals surface area contributed by atoms with Gasteiger partial charge in [-0.25, -0.2) is 0 Å². The van der Waals surface area contributed by atoms with E-state index >= 15 is 0 Å². The van der Waals surface area contributed by atoms with E-state index in [0.717, 1.165) is 30.5 Å². The number of amides is 1. The molecule has 2 aliphatic heterocycles. The number of methoxy groups -OCH3 is 1. The Labute approximate surface area is 119 Å². The number of para-hydroxylation sites is 1. The smallest absolute Gasteiger partial charge is 0.229 e. The fourth-order valence-corrected chi connectivity index (χ4v) is 3.41. The van der Waals surface area contributed by atoms with Gasteiger partial charge in [-0.05, 0) is 37.3 Å². The molecule has 20 heavy (non-hydrogen) atoms. The number of nitrogens with one attached hydrogen (secondary N) is 2. The second kappa shape index (κ2) is 5.94. The summed E-state index contributed by atoms with van der Waals surface area (Å²) in [4.78, 5) is 12.4. The van der Waals surface area contributed by atoms with Gasteiger partial charge >= 0.3 is 0 Å². The summed E-state index contributed by atoms with van der Waals surface area (Å²) in [5.74, 6) is 0.291. The minimum Gasteiger partial charge on any atom is -0.384 e. The van der Waals surface area contributed by atoms with E-state index in [9.17, 15) is 4.79 Å². The average Bonchev–Trinajstić information content (AvgIpc) is 3.09. The third-order valence-electron chi connectivity index (χ3n) is 4.49. The summed E-state index contributed by atoms with van der Waals surface area (Å²) in [6.45, 7) is 0.669. The monoisotopic (exact) mass is 274 g/mol. The zero-order valence-corrected chi connectivity index (χ0v) is 11.9. The van der Waals surface area contributed by atoms with Gasteiger partial charge in [0.05, 0.1) is 12.5 Å². The Morgan fingerprint density at radius 1 is 1.40 bits per heavy atom. The predicted octanol–water partition coefficient (Wildman–Crippen LogP) is 1.95. The molecule has 108 valence electrons. The van der Waals surface area contributed by atoms with Crippen molar-refractivity contribution in [3.8, 4) is 0 Å². The Morgan fingerprint density at radius 2 is 2.25 bits per heavy atom. The highest BCUT2D eigenvalue weighted by atomic mass is 16.5. The van der Waals surface area contributed by atoms with Crippen molar-refractivity contribution >= 4 is 11.6 Å². The van der Waals surface area contributed by atoms with Crippen molar-refractivity contribution in [2.75, 3.05) is 19.0 Å². The highest BCUT2D eigenvalue weighted by Gasteiger charge is 2.42. The SMILES string of the molecule is COCCc1ccccc1NC(=O)C1CC2CCC1N2. The van der Waals surface area contributed by atoms with Crippen LogP contribution in [-0.2, 0) is 16.0 Å². The van der Waals surface area contributed by atoms with E-state index in [1.54, 1.807) is 7.11 Å². The molecule has 0 radical (unpaired) electrons. The second-order valence-electron chi connectivity index (χ2n) is 5.78. The summed E-state index contributed by atoms with van der Waals surface area (Å²) in [6, 6.07) is 8.92. The van der Waals surface area contributed by atoms with Gasteiger partial charge in [0.25, 0.3) is 0 Å². The van der Waals surface area contributed by atoms with Crippen LogP contribution in [-0.4, -0.2) is 31.7 Å². The maximum atomic E-state index is 12.4. The lowest BCUT2D eigenvalue weighted by Gasteiger charge is -2.20. The lowest BCUT2D eigenvalue weighted by Crippen LogP contribution is -2.33. The number of fused-ring (bicyclic) bond motifs is 2. The van der Waals surface area contributed by atoms with Crippen molar-refractivity contribution in [1.29, 1.82) is 0 Å². The molecule has 2 bridgehead atoms. The minimum atomic E-state index is 0.129. The van der Waals surface area contributed by atoms with Gasteiger partial charge in [0.15, 0.2) is 0 Å². The van der Waals surface area contributed by atoms with Crippen LogP contribution >= 0.6 is 0 Å². The molecular formula is C16H22N2O2. The van der Waals surface area contributed by atoms with Crippen molar-refractivity contribution in [3.63, 3.8) is 0 Å². The maximum absolute atomic E-state index is 12.4. The number of hydrogen-bond donors (Lipinski definition) is 2. The van der Waals surface area contributed by atoms with Crippen LogP contribution in [0.1, 0.15) is 24.8 Å². The molecule has 2 fully saturated rings. The minimum absolute atomic E-state index is 0.129. The normalized spacial score (nSPS) is 27.8. The van der Waals surface area contributed by atoms with E-state index < -0.39 is 0 Å². The molecule has 3 atom stereocenters. The lowest BCUT2D eigenvalue weighted by atomic mass is 9.88. The van der Waals surface area contributed by atoms with E-state index in [1.807, 2.05) is 24.3 Å². The Balaban J connectivity index is 1.66. The number of carbonyl (C=O) groups is 1. The Kier molecular flexibility index (Phi) is 4.03. The van der Waals surface area contributed by atoms with Crippen molar-refractivity contribution < 1.29 is 9.53 Å². The van der Waals surface area contributed by atoms with Gasteiger partial charge in [0, 0.05) is 24.9 Å². The van der Waals surface area contributed by atoms with Gasteiger partial charge in [-0.2, -0.15) is 0 Å². The first-order valence-corrected chi connectivity index (χ1v) is 7.41. The van der Waals surface area contributed by atoms with Crippen LogP contribution < -0.4 is 10.6 Å². The Bertz CT molecular complexity index is 489. The summed E-state index contributed by atoms with van der Waals surface area (Å²) < 4.78 is 5.12. The van der Waals surface area contributed by atoms with Gasteiger partial charge in [-0.3, -0.25) is 4.79 Å². The van der Waals surface area contributed by atoms with Gasteiger partial charge in [-0.1, -0.05) is 18.2 Å². The maximum Gasteiger partial charge on any atom is 0.229 e. The molecule has 1 aromatic carbocycles. The number of anilines is 1. The first-order valence-electron chi connectivity index (χ1n) is 7.41. The molecule has 2 N–H and O–H groups in total. The van der Waals surface area contributed by atoms with Gasteiger partial charge in [0.2, 0.25) is 5.91 Å². The molecule has 2 saturated heterocycles. The molecule has 0 saturated carbocycles. The average molecular weight is 274 g/mol. The highest BCUT2D eigenvalue weighted by Crippen LogP contribution is 2.34. The van der Waals surface area contributed by atoms with Crippen LogP contribution in [0.2, 0.25) is 0 Å². The predicted molar refractivity (Wildman–Crippen MR) is 78.7 cm³/mol. The van der Waals surface area contributed by atoms with E-state index in [1.165, 1.54) is 6.42 Å². The fourth-order valence-electron chi connectivity index (χ4n) is 3.41. The summed E-state index contributed by atoms with van der Waals surface area (Å²) in [5.41, 5.74) is 2.07. The summed E-state index contributed by atoms with van der Waals surface area (Å²) in [5, 5.41) is 6.62. The number of hydrogen-bond acceptors (Lipinski definition) is 3. The van der Waals surface area contributed by atoms with Gasteiger partial charge in [-0.15, -0.1) is 0 Å². The van der Waals surface area contributed by atoms with Crippen LogP contribution in [0.3, 0.4) is 0 Å². The van der Waals surface area contributed by atoms with E-state index in [0.29, 0.717) is 18.7 Å². The zero-order chi connectivity index (χ0) is 13.9. The van der Waals surface area contributed by atoms with Crippen LogP contribution in [0.15, 0.2) is 24.3 Å². The van der Waals surface area contributed by atoms with Crippen LogP contribution in [0.4, 0.5) is 5.69 Å². The van der Waals surface area contributed by atoms with Crippen LogP contribution in [0.5, 0.6) is 0 Å². The van der Waals surface area contributed by atoms with Crippen LogP contribution in [0, 0.1) is 5.92 Å². The van der Waals surface area contributed by atoms with E-state index in [2.05, 4.69) is 10.6 Å². The van der Waals surface area contributed by atoms with Crippen LogP contribution in [0.25, 0.3) is 0 Å². The molecule has 4 nitrogen and oxygen atoms in total. The van der Waals surface area contributed by atoms with Crippen molar-refractivity contribution in [2.24, 2.45) is 5.92 Å². The largest absolute Gasteiger partial charge is 0.384 e. The van der Waals surface area contributed by atoms with Crippen molar-refractivity contribution in [3.05, 3.63) is 29.8 Å². The molecule has 3 rings (SSSR count). The van der Waals surface area contributed by atoms with Gasteiger partial charge in [0.1, 0.15) is 0 Å². The molecule has 3 unspecified atom stereocenters. The molecular weight excluding hydrogens is 252 g/mol. The van der Waals surface area contributed by atoms with Gasteiger partial charge < -0.3 is 15.4 Å². The first kappa shape index (κ1) is 13.6.